The van der Waals surface area contributed by atoms with Gasteiger partial charge in [0.25, 0.3) is 0 Å². The fourth-order valence-corrected chi connectivity index (χ4v) is 5.63. The average Bonchev–Trinajstić information content (AvgIpc) is 3.47. The van der Waals surface area contributed by atoms with Crippen molar-refractivity contribution >= 4 is 5.91 Å². The summed E-state index contributed by atoms with van der Waals surface area (Å²) in [6.07, 6.45) is 15.0. The number of imidazole rings is 1. The molecule has 0 atom stereocenters. The van der Waals surface area contributed by atoms with Crippen LogP contribution in [0.15, 0.2) is 43.0 Å². The normalized spacial score (nSPS) is 23.2. The number of likely N-dealkylation sites (tertiary alicyclic amines) is 2. The van der Waals surface area contributed by atoms with E-state index in [1.165, 1.54) is 44.1 Å². The second-order valence-electron chi connectivity index (χ2n) is 9.37. The second-order valence-corrected chi connectivity index (χ2v) is 9.37. The van der Waals surface area contributed by atoms with Crippen LogP contribution < -0.4 is 0 Å². The summed E-state index contributed by atoms with van der Waals surface area (Å²) in [5.41, 5.74) is 2.90. The summed E-state index contributed by atoms with van der Waals surface area (Å²) in [6.45, 7) is 4.33. The zero-order chi connectivity index (χ0) is 19.7. The van der Waals surface area contributed by atoms with Crippen LogP contribution >= 0.6 is 0 Å². The number of carbonyl (C=O) groups is 1. The van der Waals surface area contributed by atoms with Gasteiger partial charge in [-0.3, -0.25) is 9.69 Å². The topological polar surface area (TPSA) is 41.4 Å². The Labute approximate surface area is 173 Å². The SMILES string of the molecule is O=C1CCC2(CCN(Cc3ccc(-n4ccnc4)cc3)CC2)CN1C1CCCC1. The van der Waals surface area contributed by atoms with Crippen LogP contribution in [0.5, 0.6) is 0 Å². The molecule has 0 N–H and O–H groups in total. The van der Waals surface area contributed by atoms with Gasteiger partial charge < -0.3 is 9.47 Å². The van der Waals surface area contributed by atoms with E-state index < -0.39 is 0 Å². The molecule has 1 spiro atoms. The first kappa shape index (κ1) is 18.9. The Balaban J connectivity index is 1.17. The fourth-order valence-electron chi connectivity index (χ4n) is 5.63. The van der Waals surface area contributed by atoms with Crippen molar-refractivity contribution in [3.63, 3.8) is 0 Å². The summed E-state index contributed by atoms with van der Waals surface area (Å²) in [4.78, 5) is 21.5. The Bertz CT molecular complexity index is 815. The van der Waals surface area contributed by atoms with Crippen molar-refractivity contribution in [2.75, 3.05) is 19.6 Å². The maximum Gasteiger partial charge on any atom is 0.222 e. The van der Waals surface area contributed by atoms with Crippen LogP contribution in [0, 0.1) is 5.41 Å². The van der Waals surface area contributed by atoms with Crippen molar-refractivity contribution in [3.8, 4) is 5.69 Å². The lowest BCUT2D eigenvalue weighted by Crippen LogP contribution is -2.53. The molecule has 2 aromatic rings. The Hall–Kier alpha value is -2.14. The van der Waals surface area contributed by atoms with Crippen molar-refractivity contribution in [1.29, 1.82) is 0 Å². The fraction of sp³-hybridized carbons (Fsp3) is 0.583. The van der Waals surface area contributed by atoms with Crippen molar-refractivity contribution in [1.82, 2.24) is 19.4 Å². The summed E-state index contributed by atoms with van der Waals surface area (Å²) in [7, 11) is 0. The number of rotatable bonds is 4. The predicted octanol–water partition coefficient (Wildman–Crippen LogP) is 4.02. The molecule has 0 radical (unpaired) electrons. The molecular weight excluding hydrogens is 360 g/mol. The molecule has 1 saturated carbocycles. The molecule has 2 aliphatic heterocycles. The molecule has 0 unspecified atom stereocenters. The van der Waals surface area contributed by atoms with Gasteiger partial charge in [0, 0.05) is 43.6 Å². The number of nitrogens with zero attached hydrogens (tertiary/aromatic N) is 4. The highest BCUT2D eigenvalue weighted by atomic mass is 16.2. The zero-order valence-corrected chi connectivity index (χ0v) is 17.3. The van der Waals surface area contributed by atoms with Gasteiger partial charge in [0.05, 0.1) is 6.33 Å². The molecule has 5 heteroatoms. The highest BCUT2D eigenvalue weighted by molar-refractivity contribution is 5.77. The Kier molecular flexibility index (Phi) is 5.17. The van der Waals surface area contributed by atoms with E-state index in [4.69, 9.17) is 0 Å². The number of hydrogen-bond acceptors (Lipinski definition) is 3. The minimum atomic E-state index is 0.373. The molecule has 3 heterocycles. The number of hydrogen-bond donors (Lipinski definition) is 0. The van der Waals surface area contributed by atoms with Crippen LogP contribution in [-0.2, 0) is 11.3 Å². The van der Waals surface area contributed by atoms with Gasteiger partial charge in [-0.2, -0.15) is 0 Å². The van der Waals surface area contributed by atoms with Gasteiger partial charge in [0.1, 0.15) is 0 Å². The second kappa shape index (κ2) is 7.94. The van der Waals surface area contributed by atoms with Crippen LogP contribution in [0.4, 0.5) is 0 Å². The maximum absolute atomic E-state index is 12.5. The molecule has 2 saturated heterocycles. The highest BCUT2D eigenvalue weighted by Crippen LogP contribution is 2.42. The number of carbonyl (C=O) groups excluding carboxylic acids is 1. The summed E-state index contributed by atoms with van der Waals surface area (Å²) < 4.78 is 2.04. The lowest BCUT2D eigenvalue weighted by molar-refractivity contribution is -0.142. The third-order valence-corrected chi connectivity index (χ3v) is 7.52. The molecule has 3 fully saturated rings. The Morgan fingerprint density at radius 2 is 1.79 bits per heavy atom. The van der Waals surface area contributed by atoms with Crippen LogP contribution in [0.2, 0.25) is 0 Å². The van der Waals surface area contributed by atoms with E-state index in [1.54, 1.807) is 0 Å². The van der Waals surface area contributed by atoms with Crippen LogP contribution in [0.25, 0.3) is 5.69 Å². The van der Waals surface area contributed by atoms with Gasteiger partial charge in [-0.25, -0.2) is 4.98 Å². The van der Waals surface area contributed by atoms with Crippen molar-refractivity contribution in [2.45, 2.75) is 64.0 Å². The summed E-state index contributed by atoms with van der Waals surface area (Å²) in [6, 6.07) is 9.36. The standard InChI is InChI=1S/C24H32N4O/c29-23-9-10-24(18-28(23)22-3-1-2-4-22)11-14-26(15-12-24)17-20-5-7-21(8-6-20)27-16-13-25-19-27/h5-8,13,16,19,22H,1-4,9-12,14-15,17-18H2. The number of aromatic nitrogens is 2. The highest BCUT2D eigenvalue weighted by Gasteiger charge is 2.43. The van der Waals surface area contributed by atoms with Crippen molar-refractivity contribution in [3.05, 3.63) is 48.5 Å². The largest absolute Gasteiger partial charge is 0.339 e. The van der Waals surface area contributed by atoms with Crippen LogP contribution in [0.1, 0.15) is 56.9 Å². The zero-order valence-electron chi connectivity index (χ0n) is 17.3. The smallest absolute Gasteiger partial charge is 0.222 e. The lowest BCUT2D eigenvalue weighted by Gasteiger charge is -2.49. The van der Waals surface area contributed by atoms with Crippen LogP contribution in [0.3, 0.4) is 0 Å². The molecule has 1 amide bonds. The molecule has 5 nitrogen and oxygen atoms in total. The minimum Gasteiger partial charge on any atom is -0.339 e. The first-order chi connectivity index (χ1) is 14.2. The Morgan fingerprint density at radius 1 is 1.03 bits per heavy atom. The first-order valence-corrected chi connectivity index (χ1v) is 11.3. The van der Waals surface area contributed by atoms with Gasteiger partial charge in [0.2, 0.25) is 5.91 Å². The van der Waals surface area contributed by atoms with E-state index in [0.29, 0.717) is 17.4 Å². The van der Waals surface area contributed by atoms with Gasteiger partial charge in [-0.05, 0) is 68.3 Å². The van der Waals surface area contributed by atoms with Gasteiger partial charge in [-0.15, -0.1) is 0 Å². The average molecular weight is 393 g/mol. The number of piperidine rings is 2. The van der Waals surface area contributed by atoms with Gasteiger partial charge in [0.15, 0.2) is 0 Å². The molecule has 154 valence electrons. The molecule has 0 bridgehead atoms. The molecule has 1 aliphatic carbocycles. The predicted molar refractivity (Wildman–Crippen MR) is 114 cm³/mol. The monoisotopic (exact) mass is 392 g/mol. The van der Waals surface area contributed by atoms with E-state index in [2.05, 4.69) is 39.0 Å². The number of amides is 1. The van der Waals surface area contributed by atoms with Gasteiger partial charge >= 0.3 is 0 Å². The molecular formula is C24H32N4O. The van der Waals surface area contributed by atoms with Crippen molar-refractivity contribution < 1.29 is 4.79 Å². The Morgan fingerprint density at radius 3 is 2.48 bits per heavy atom. The van der Waals surface area contributed by atoms with E-state index in [-0.39, 0.29) is 0 Å². The third kappa shape index (κ3) is 3.97. The molecule has 1 aromatic heterocycles. The molecule has 1 aromatic carbocycles. The molecule has 5 rings (SSSR count). The number of benzene rings is 1. The van der Waals surface area contributed by atoms with Crippen molar-refractivity contribution in [2.24, 2.45) is 5.41 Å². The van der Waals surface area contributed by atoms with E-state index in [1.807, 2.05) is 23.3 Å². The van der Waals surface area contributed by atoms with E-state index in [0.717, 1.165) is 44.7 Å². The summed E-state index contributed by atoms with van der Waals surface area (Å²) in [5, 5.41) is 0. The first-order valence-electron chi connectivity index (χ1n) is 11.3. The minimum absolute atomic E-state index is 0.373. The van der Waals surface area contributed by atoms with Gasteiger partial charge in [-0.1, -0.05) is 25.0 Å². The lowest BCUT2D eigenvalue weighted by atomic mass is 9.72. The molecule has 29 heavy (non-hydrogen) atoms. The quantitative estimate of drug-likeness (QED) is 0.789. The summed E-state index contributed by atoms with van der Waals surface area (Å²) in [5.74, 6) is 0.419. The van der Waals surface area contributed by atoms with Crippen LogP contribution in [-0.4, -0.2) is 50.9 Å². The van der Waals surface area contributed by atoms with E-state index in [9.17, 15) is 4.79 Å². The van der Waals surface area contributed by atoms with E-state index >= 15 is 0 Å². The maximum atomic E-state index is 12.5. The molecule has 3 aliphatic rings. The third-order valence-electron chi connectivity index (χ3n) is 7.52. The summed E-state index contributed by atoms with van der Waals surface area (Å²) >= 11 is 0.